The third kappa shape index (κ3) is 5.26. The maximum Gasteiger partial charge on any atom is 0.292 e. The van der Waals surface area contributed by atoms with Crippen LogP contribution in [0.15, 0.2) is 77.3 Å². The highest BCUT2D eigenvalue weighted by Gasteiger charge is 2.14. The van der Waals surface area contributed by atoms with Gasteiger partial charge in [0, 0.05) is 17.3 Å². The average molecular weight is 438 g/mol. The smallest absolute Gasteiger partial charge is 0.292 e. The van der Waals surface area contributed by atoms with Gasteiger partial charge in [0.1, 0.15) is 12.4 Å². The number of nitrogens with one attached hydrogen (secondary N) is 1. The largest absolute Gasteiger partial charge is 0.493 e. The predicted molar refractivity (Wildman–Crippen MR) is 117 cm³/mol. The summed E-state index contributed by atoms with van der Waals surface area (Å²) in [6, 6.07) is 19.9. The standard InChI is InChI=1S/C23H20ClN3O4/c1-29-19-4-2-3-5-20(19)30-15-18-10-11-21(31-18)23(28)25-22-12-13-27(26-22)14-16-6-8-17(24)9-7-16/h2-13H,14-15H2,1H3,(H,25,26,28). The fourth-order valence-electron chi connectivity index (χ4n) is 2.94. The molecule has 158 valence electrons. The Hall–Kier alpha value is -3.71. The lowest BCUT2D eigenvalue weighted by Crippen LogP contribution is -2.12. The molecule has 0 fully saturated rings. The van der Waals surface area contributed by atoms with Crippen molar-refractivity contribution >= 4 is 23.3 Å². The van der Waals surface area contributed by atoms with E-state index in [2.05, 4.69) is 10.4 Å². The second-order valence-electron chi connectivity index (χ2n) is 6.68. The number of carbonyl (C=O) groups is 1. The van der Waals surface area contributed by atoms with E-state index in [0.717, 1.165) is 5.56 Å². The number of aromatic nitrogens is 2. The van der Waals surface area contributed by atoms with E-state index in [1.54, 1.807) is 42.3 Å². The first kappa shape index (κ1) is 20.6. The molecule has 0 unspecified atom stereocenters. The average Bonchev–Trinajstić information content (AvgIpc) is 3.44. The summed E-state index contributed by atoms with van der Waals surface area (Å²) in [7, 11) is 1.58. The number of amides is 1. The van der Waals surface area contributed by atoms with Gasteiger partial charge in [-0.2, -0.15) is 5.10 Å². The minimum absolute atomic E-state index is 0.170. The van der Waals surface area contributed by atoms with E-state index in [1.807, 2.05) is 42.5 Å². The van der Waals surface area contributed by atoms with Gasteiger partial charge in [-0.25, -0.2) is 0 Å². The molecule has 2 aromatic carbocycles. The molecule has 2 aromatic heterocycles. The van der Waals surface area contributed by atoms with Crippen LogP contribution in [-0.2, 0) is 13.2 Å². The maximum absolute atomic E-state index is 12.5. The molecule has 1 amide bonds. The van der Waals surface area contributed by atoms with E-state index < -0.39 is 0 Å². The number of nitrogens with zero attached hydrogens (tertiary/aromatic N) is 2. The molecule has 0 aliphatic heterocycles. The van der Waals surface area contributed by atoms with Gasteiger partial charge in [0.05, 0.1) is 13.7 Å². The van der Waals surface area contributed by atoms with Gasteiger partial charge in [0.25, 0.3) is 5.91 Å². The van der Waals surface area contributed by atoms with Crippen LogP contribution in [-0.4, -0.2) is 22.8 Å². The summed E-state index contributed by atoms with van der Waals surface area (Å²) in [5.74, 6) is 1.96. The Morgan fingerprint density at radius 2 is 1.84 bits per heavy atom. The van der Waals surface area contributed by atoms with Gasteiger partial charge in [0.15, 0.2) is 23.1 Å². The van der Waals surface area contributed by atoms with Gasteiger partial charge in [-0.15, -0.1) is 0 Å². The molecule has 0 radical (unpaired) electrons. The van der Waals surface area contributed by atoms with Crippen molar-refractivity contribution in [1.82, 2.24) is 9.78 Å². The molecule has 7 nitrogen and oxygen atoms in total. The zero-order chi connectivity index (χ0) is 21.6. The number of anilines is 1. The molecule has 4 aromatic rings. The number of carbonyl (C=O) groups excluding carboxylic acids is 1. The van der Waals surface area contributed by atoms with E-state index in [0.29, 0.717) is 34.6 Å². The van der Waals surface area contributed by atoms with Crippen LogP contribution in [0.2, 0.25) is 5.02 Å². The number of methoxy groups -OCH3 is 1. The van der Waals surface area contributed by atoms with Crippen molar-refractivity contribution in [3.8, 4) is 11.5 Å². The van der Waals surface area contributed by atoms with Crippen LogP contribution >= 0.6 is 11.6 Å². The Morgan fingerprint density at radius 3 is 2.61 bits per heavy atom. The maximum atomic E-state index is 12.5. The summed E-state index contributed by atoms with van der Waals surface area (Å²) < 4.78 is 18.3. The second-order valence-corrected chi connectivity index (χ2v) is 7.12. The first-order chi connectivity index (χ1) is 15.1. The van der Waals surface area contributed by atoms with Crippen LogP contribution in [0.3, 0.4) is 0 Å². The van der Waals surface area contributed by atoms with Gasteiger partial charge in [-0.3, -0.25) is 9.48 Å². The van der Waals surface area contributed by atoms with Crippen molar-refractivity contribution < 1.29 is 18.7 Å². The first-order valence-electron chi connectivity index (χ1n) is 9.54. The molecule has 2 heterocycles. The minimum Gasteiger partial charge on any atom is -0.493 e. The number of para-hydroxylation sites is 2. The molecule has 0 saturated carbocycles. The van der Waals surface area contributed by atoms with Gasteiger partial charge in [0.2, 0.25) is 0 Å². The Kier molecular flexibility index (Phi) is 6.24. The van der Waals surface area contributed by atoms with Crippen LogP contribution in [0.5, 0.6) is 11.5 Å². The van der Waals surface area contributed by atoms with Crippen LogP contribution in [0.4, 0.5) is 5.82 Å². The molecule has 4 rings (SSSR count). The highest BCUT2D eigenvalue weighted by molar-refractivity contribution is 6.30. The number of halogens is 1. The molecule has 1 N–H and O–H groups in total. The molecule has 0 saturated heterocycles. The molecule has 0 bridgehead atoms. The topological polar surface area (TPSA) is 78.5 Å². The summed E-state index contributed by atoms with van der Waals surface area (Å²) >= 11 is 5.91. The predicted octanol–water partition coefficient (Wildman–Crippen LogP) is 5.02. The van der Waals surface area contributed by atoms with Crippen LogP contribution in [0.25, 0.3) is 0 Å². The van der Waals surface area contributed by atoms with E-state index >= 15 is 0 Å². The molecular weight excluding hydrogens is 418 g/mol. The third-order valence-corrected chi connectivity index (χ3v) is 4.72. The summed E-state index contributed by atoms with van der Waals surface area (Å²) in [6.07, 6.45) is 1.79. The van der Waals surface area contributed by atoms with Crippen molar-refractivity contribution in [3.05, 3.63) is 95.0 Å². The van der Waals surface area contributed by atoms with Gasteiger partial charge in [-0.1, -0.05) is 35.9 Å². The Balaban J connectivity index is 1.34. The zero-order valence-electron chi connectivity index (χ0n) is 16.7. The van der Waals surface area contributed by atoms with Gasteiger partial charge >= 0.3 is 0 Å². The monoisotopic (exact) mass is 437 g/mol. The van der Waals surface area contributed by atoms with Crippen LogP contribution in [0.1, 0.15) is 21.9 Å². The van der Waals surface area contributed by atoms with Crippen molar-refractivity contribution in [1.29, 1.82) is 0 Å². The summed E-state index contributed by atoms with van der Waals surface area (Å²) in [4.78, 5) is 12.5. The number of ether oxygens (including phenoxy) is 2. The third-order valence-electron chi connectivity index (χ3n) is 4.46. The molecule has 0 spiro atoms. The molecule has 31 heavy (non-hydrogen) atoms. The number of hydrogen-bond donors (Lipinski definition) is 1. The molecule has 0 aliphatic rings. The van der Waals surface area contributed by atoms with Crippen LogP contribution < -0.4 is 14.8 Å². The summed E-state index contributed by atoms with van der Waals surface area (Å²) in [6.45, 7) is 0.738. The second kappa shape index (κ2) is 9.40. The summed E-state index contributed by atoms with van der Waals surface area (Å²) in [5.41, 5.74) is 1.05. The van der Waals surface area contributed by atoms with Gasteiger partial charge in [-0.05, 0) is 42.0 Å². The molecule has 0 aliphatic carbocycles. The number of furan rings is 1. The minimum atomic E-state index is -0.389. The fraction of sp³-hybridized carbons (Fsp3) is 0.130. The Bertz CT molecular complexity index is 1170. The molecule has 8 heteroatoms. The normalized spacial score (nSPS) is 10.6. The number of hydrogen-bond acceptors (Lipinski definition) is 5. The Labute approximate surface area is 184 Å². The lowest BCUT2D eigenvalue weighted by Gasteiger charge is -2.08. The fourth-order valence-corrected chi connectivity index (χ4v) is 3.06. The van der Waals surface area contributed by atoms with E-state index in [9.17, 15) is 4.79 Å². The van der Waals surface area contributed by atoms with Gasteiger partial charge < -0.3 is 19.2 Å². The SMILES string of the molecule is COc1ccccc1OCc1ccc(C(=O)Nc2ccn(Cc3ccc(Cl)cc3)n2)o1. The van der Waals surface area contributed by atoms with E-state index in [1.165, 1.54) is 0 Å². The van der Waals surface area contributed by atoms with Crippen LogP contribution in [0, 0.1) is 0 Å². The Morgan fingerprint density at radius 1 is 1.06 bits per heavy atom. The first-order valence-corrected chi connectivity index (χ1v) is 9.92. The quantitative estimate of drug-likeness (QED) is 0.419. The van der Waals surface area contributed by atoms with E-state index in [4.69, 9.17) is 25.5 Å². The van der Waals surface area contributed by atoms with Crippen molar-refractivity contribution in [3.63, 3.8) is 0 Å². The molecule has 0 atom stereocenters. The van der Waals surface area contributed by atoms with Crippen molar-refractivity contribution in [2.24, 2.45) is 0 Å². The highest BCUT2D eigenvalue weighted by atomic mass is 35.5. The van der Waals surface area contributed by atoms with Crippen molar-refractivity contribution in [2.75, 3.05) is 12.4 Å². The lowest BCUT2D eigenvalue weighted by molar-refractivity contribution is 0.0992. The van der Waals surface area contributed by atoms with Crippen molar-refractivity contribution in [2.45, 2.75) is 13.2 Å². The highest BCUT2D eigenvalue weighted by Crippen LogP contribution is 2.27. The number of rotatable bonds is 8. The van der Waals surface area contributed by atoms with E-state index in [-0.39, 0.29) is 18.3 Å². The number of benzene rings is 2. The lowest BCUT2D eigenvalue weighted by atomic mass is 10.2. The summed E-state index contributed by atoms with van der Waals surface area (Å²) in [5, 5.41) is 7.78. The molecular formula is C23H20ClN3O4. The zero-order valence-corrected chi connectivity index (χ0v) is 17.5.